The van der Waals surface area contributed by atoms with Gasteiger partial charge < -0.3 is 19.4 Å². The van der Waals surface area contributed by atoms with Crippen LogP contribution >= 0.6 is 0 Å². The van der Waals surface area contributed by atoms with Gasteiger partial charge in [0, 0.05) is 44.6 Å². The molecule has 0 aliphatic carbocycles. The van der Waals surface area contributed by atoms with Gasteiger partial charge in [-0.05, 0) is 73.9 Å². The number of hydrogen-bond donors (Lipinski definition) is 0. The fourth-order valence-corrected chi connectivity index (χ4v) is 5.68. The highest BCUT2D eigenvalue weighted by atomic mass is 19.2. The molecule has 2 aliphatic heterocycles. The monoisotopic (exact) mass is 570 g/mol. The summed E-state index contributed by atoms with van der Waals surface area (Å²) in [5.41, 5.74) is 0.467. The molecule has 7 nitrogen and oxygen atoms in total. The summed E-state index contributed by atoms with van der Waals surface area (Å²) in [6.45, 7) is 3.55. The molecule has 3 aromatic rings. The van der Waals surface area contributed by atoms with E-state index in [1.807, 2.05) is 4.90 Å². The van der Waals surface area contributed by atoms with Crippen LogP contribution in [0.1, 0.15) is 31.2 Å². The Labute approximate surface area is 235 Å². The second-order valence-electron chi connectivity index (χ2n) is 10.3. The molecule has 2 atom stereocenters. The van der Waals surface area contributed by atoms with Gasteiger partial charge in [-0.25, -0.2) is 27.3 Å². The number of pyridine rings is 1. The van der Waals surface area contributed by atoms with Crippen LogP contribution in [-0.4, -0.2) is 65.5 Å². The maximum absolute atomic E-state index is 14.2. The molecule has 1 aromatic heterocycles. The maximum Gasteiger partial charge on any atom is 0.415 e. The zero-order valence-electron chi connectivity index (χ0n) is 22.5. The van der Waals surface area contributed by atoms with Crippen LogP contribution in [0.5, 0.6) is 5.75 Å². The average molecular weight is 571 g/mol. The third kappa shape index (κ3) is 6.28. The van der Waals surface area contributed by atoms with Gasteiger partial charge >= 0.3 is 6.09 Å². The van der Waals surface area contributed by atoms with Crippen molar-refractivity contribution in [2.24, 2.45) is 5.92 Å². The number of nitrogens with zero attached hydrogens (tertiary/aromatic N) is 4. The van der Waals surface area contributed by atoms with Crippen molar-refractivity contribution in [2.45, 2.75) is 31.7 Å². The standard InChI is InChI=1S/C30H30F4N4O3/c1-2-38(30(40)41-23-7-4-21(31)5-8-23)27-18-37(17-24(27)20-3-9-25(33)26(34)15-20)29(39)19-11-13-36(14-12-19)28-10-6-22(32)16-35-28/h3-10,15-16,19,24,27H,2,11-14,17-18H2,1H3/t24-,27+/m0/s1. The third-order valence-corrected chi connectivity index (χ3v) is 7.85. The number of benzene rings is 2. The van der Waals surface area contributed by atoms with Crippen molar-refractivity contribution in [3.8, 4) is 5.75 Å². The summed E-state index contributed by atoms with van der Waals surface area (Å²) in [6, 6.07) is 11.0. The third-order valence-electron chi connectivity index (χ3n) is 7.85. The van der Waals surface area contributed by atoms with Crippen LogP contribution in [0.4, 0.5) is 28.2 Å². The quantitative estimate of drug-likeness (QED) is 0.373. The molecule has 0 unspecified atom stereocenters. The lowest BCUT2D eigenvalue weighted by molar-refractivity contribution is -0.135. The molecule has 3 heterocycles. The summed E-state index contributed by atoms with van der Waals surface area (Å²) in [7, 11) is 0. The first-order chi connectivity index (χ1) is 19.7. The van der Waals surface area contributed by atoms with E-state index in [0.717, 1.165) is 18.3 Å². The first kappa shape index (κ1) is 28.4. The molecule has 2 saturated heterocycles. The topological polar surface area (TPSA) is 66.0 Å². The van der Waals surface area contributed by atoms with Crippen molar-refractivity contribution in [1.82, 2.24) is 14.8 Å². The normalized spacial score (nSPS) is 19.3. The molecule has 0 N–H and O–H groups in total. The zero-order valence-corrected chi connectivity index (χ0v) is 22.5. The number of carbonyl (C=O) groups is 2. The number of rotatable bonds is 6. The van der Waals surface area contributed by atoms with Crippen molar-refractivity contribution in [3.05, 3.63) is 89.6 Å². The van der Waals surface area contributed by atoms with Gasteiger partial charge in [-0.2, -0.15) is 0 Å². The molecule has 41 heavy (non-hydrogen) atoms. The Balaban J connectivity index is 1.33. The number of likely N-dealkylation sites (tertiary alicyclic amines) is 1. The molecule has 0 bridgehead atoms. The minimum absolute atomic E-state index is 0.0743. The molecule has 0 spiro atoms. The summed E-state index contributed by atoms with van der Waals surface area (Å²) >= 11 is 0. The number of hydrogen-bond acceptors (Lipinski definition) is 5. The second-order valence-corrected chi connectivity index (χ2v) is 10.3. The predicted octanol–water partition coefficient (Wildman–Crippen LogP) is 5.37. The molecule has 5 rings (SSSR count). The summed E-state index contributed by atoms with van der Waals surface area (Å²) in [4.78, 5) is 36.2. The van der Waals surface area contributed by atoms with Crippen LogP contribution in [0.3, 0.4) is 0 Å². The summed E-state index contributed by atoms with van der Waals surface area (Å²) in [5.74, 6) is -2.90. The minimum Gasteiger partial charge on any atom is -0.410 e. The Bertz CT molecular complexity index is 1380. The number of carbonyl (C=O) groups excluding carboxylic acids is 2. The zero-order chi connectivity index (χ0) is 29.1. The van der Waals surface area contributed by atoms with E-state index >= 15 is 0 Å². The van der Waals surface area contributed by atoms with Crippen molar-refractivity contribution in [1.29, 1.82) is 0 Å². The van der Waals surface area contributed by atoms with E-state index in [0.29, 0.717) is 37.3 Å². The van der Waals surface area contributed by atoms with Crippen LogP contribution in [0.15, 0.2) is 60.8 Å². The van der Waals surface area contributed by atoms with Crippen LogP contribution in [0.25, 0.3) is 0 Å². The van der Waals surface area contributed by atoms with Gasteiger partial charge in [-0.3, -0.25) is 4.79 Å². The molecule has 2 aromatic carbocycles. The van der Waals surface area contributed by atoms with Crippen LogP contribution in [-0.2, 0) is 4.79 Å². The number of anilines is 1. The maximum atomic E-state index is 14.2. The molecule has 216 valence electrons. The minimum atomic E-state index is -1.01. The Morgan fingerprint density at radius 3 is 2.27 bits per heavy atom. The van der Waals surface area contributed by atoms with Crippen molar-refractivity contribution in [3.63, 3.8) is 0 Å². The van der Waals surface area contributed by atoms with Crippen molar-refractivity contribution < 1.29 is 31.9 Å². The highest BCUT2D eigenvalue weighted by Gasteiger charge is 2.43. The van der Waals surface area contributed by atoms with E-state index in [1.54, 1.807) is 17.9 Å². The Hall–Kier alpha value is -4.15. The fourth-order valence-electron chi connectivity index (χ4n) is 5.68. The number of likely N-dealkylation sites (N-methyl/N-ethyl adjacent to an activating group) is 1. The van der Waals surface area contributed by atoms with Gasteiger partial charge in [0.25, 0.3) is 0 Å². The van der Waals surface area contributed by atoms with Crippen LogP contribution < -0.4 is 9.64 Å². The van der Waals surface area contributed by atoms with Gasteiger partial charge in [0.05, 0.1) is 12.2 Å². The molecule has 0 saturated carbocycles. The fraction of sp³-hybridized carbons (Fsp3) is 0.367. The predicted molar refractivity (Wildman–Crippen MR) is 143 cm³/mol. The Morgan fingerprint density at radius 2 is 1.63 bits per heavy atom. The molecule has 11 heteroatoms. The van der Waals surface area contributed by atoms with E-state index in [2.05, 4.69) is 4.98 Å². The molecular formula is C30H30F4N4O3. The summed E-state index contributed by atoms with van der Waals surface area (Å²) < 4.78 is 60.1. The SMILES string of the molecule is CCN(C(=O)Oc1ccc(F)cc1)[C@@H]1CN(C(=O)C2CCN(c3ccc(F)cn3)CC2)C[C@H]1c1ccc(F)c(F)c1. The highest BCUT2D eigenvalue weighted by molar-refractivity contribution is 5.80. The van der Waals surface area contributed by atoms with Crippen LogP contribution in [0, 0.1) is 29.2 Å². The van der Waals surface area contributed by atoms with E-state index in [-0.39, 0.29) is 37.2 Å². The number of amides is 2. The Morgan fingerprint density at radius 1 is 0.927 bits per heavy atom. The number of aromatic nitrogens is 1. The molecule has 2 fully saturated rings. The van der Waals surface area contributed by atoms with E-state index in [1.165, 1.54) is 41.3 Å². The Kier molecular flexibility index (Phi) is 8.41. The van der Waals surface area contributed by atoms with Crippen molar-refractivity contribution in [2.75, 3.05) is 37.6 Å². The van der Waals surface area contributed by atoms with E-state index < -0.39 is 41.3 Å². The lowest BCUT2D eigenvalue weighted by Crippen LogP contribution is -2.47. The van der Waals surface area contributed by atoms with Gasteiger partial charge in [0.1, 0.15) is 23.2 Å². The second kappa shape index (κ2) is 12.2. The molecule has 2 amide bonds. The van der Waals surface area contributed by atoms with Gasteiger partial charge in [-0.1, -0.05) is 6.07 Å². The van der Waals surface area contributed by atoms with Gasteiger partial charge in [0.15, 0.2) is 11.6 Å². The molecule has 2 aliphatic rings. The van der Waals surface area contributed by atoms with Gasteiger partial charge in [-0.15, -0.1) is 0 Å². The summed E-state index contributed by atoms with van der Waals surface area (Å²) in [5, 5.41) is 0. The van der Waals surface area contributed by atoms with Crippen LogP contribution in [0.2, 0.25) is 0 Å². The summed E-state index contributed by atoms with van der Waals surface area (Å²) in [6.07, 6.45) is 1.61. The number of ether oxygens (including phenoxy) is 1. The number of piperidine rings is 1. The highest BCUT2D eigenvalue weighted by Crippen LogP contribution is 2.35. The largest absolute Gasteiger partial charge is 0.415 e. The number of halogens is 4. The molecular weight excluding hydrogens is 540 g/mol. The lowest BCUT2D eigenvalue weighted by atomic mass is 9.93. The first-order valence-electron chi connectivity index (χ1n) is 13.6. The molecule has 0 radical (unpaired) electrons. The van der Waals surface area contributed by atoms with E-state index in [4.69, 9.17) is 4.74 Å². The lowest BCUT2D eigenvalue weighted by Gasteiger charge is -2.34. The average Bonchev–Trinajstić information content (AvgIpc) is 3.41. The van der Waals surface area contributed by atoms with E-state index in [9.17, 15) is 27.2 Å². The van der Waals surface area contributed by atoms with Gasteiger partial charge in [0.2, 0.25) is 5.91 Å². The smallest absolute Gasteiger partial charge is 0.410 e. The van der Waals surface area contributed by atoms with Crippen molar-refractivity contribution >= 4 is 17.8 Å². The first-order valence-corrected chi connectivity index (χ1v) is 13.6.